The molecular weight excluding hydrogens is 512 g/mol. The summed E-state index contributed by atoms with van der Waals surface area (Å²) in [5.41, 5.74) is 0.898. The van der Waals surface area contributed by atoms with Crippen LogP contribution in [0.1, 0.15) is 49.5 Å². The molecule has 0 aliphatic heterocycles. The first-order chi connectivity index (χ1) is 18.2. The fourth-order valence-corrected chi connectivity index (χ4v) is 4.45. The number of nitrogens with one attached hydrogen (secondary N) is 1. The number of pyridine rings is 1. The number of rotatable bonds is 8. The number of aliphatic hydroxyl groups excluding tert-OH is 1. The molecule has 0 radical (unpaired) electrons. The van der Waals surface area contributed by atoms with Crippen LogP contribution in [0.4, 0.5) is 8.78 Å². The van der Waals surface area contributed by atoms with Crippen molar-refractivity contribution in [3.8, 4) is 22.6 Å². The Bertz CT molecular complexity index is 1520. The number of aryl methyl sites for hydroxylation is 1. The van der Waals surface area contributed by atoms with Crippen LogP contribution in [0.3, 0.4) is 0 Å². The van der Waals surface area contributed by atoms with Gasteiger partial charge in [0.05, 0.1) is 17.5 Å². The molecule has 10 nitrogen and oxygen atoms in total. The Hall–Kier alpha value is -3.58. The normalized spacial score (nSPS) is 13.3. The van der Waals surface area contributed by atoms with Crippen LogP contribution in [0, 0.1) is 24.0 Å². The molecule has 4 rings (SSSR count). The number of fused-ring (bicyclic) bond motifs is 1. The molecule has 0 bridgehead atoms. The average Bonchev–Trinajstić information content (AvgIpc) is 3.40. The van der Waals surface area contributed by atoms with Crippen LogP contribution < -0.4 is 10.1 Å². The number of hydrogen-bond donors (Lipinski definition) is 5. The third kappa shape index (κ3) is 5.20. The Morgan fingerprint density at radius 1 is 1.18 bits per heavy atom. The van der Waals surface area contributed by atoms with Gasteiger partial charge in [0, 0.05) is 36.6 Å². The number of halogens is 2. The molecule has 1 unspecified atom stereocenters. The Labute approximate surface area is 224 Å². The molecular formula is C27H33F2N5O5. The summed E-state index contributed by atoms with van der Waals surface area (Å²) < 4.78 is 38.0. The Morgan fingerprint density at radius 2 is 1.87 bits per heavy atom. The van der Waals surface area contributed by atoms with Crippen molar-refractivity contribution in [3.05, 3.63) is 64.9 Å². The average molecular weight is 546 g/mol. The number of benzene rings is 1. The molecule has 3 aromatic heterocycles. The fourth-order valence-electron chi connectivity index (χ4n) is 4.45. The van der Waals surface area contributed by atoms with Gasteiger partial charge in [-0.3, -0.25) is 9.08 Å². The van der Waals surface area contributed by atoms with E-state index in [-0.39, 0.29) is 33.8 Å². The van der Waals surface area contributed by atoms with E-state index in [0.29, 0.717) is 17.9 Å². The summed E-state index contributed by atoms with van der Waals surface area (Å²) in [6, 6.07) is 3.51. The highest BCUT2D eigenvalue weighted by Crippen LogP contribution is 2.40. The highest BCUT2D eigenvalue weighted by atomic mass is 19.2. The van der Waals surface area contributed by atoms with Crippen LogP contribution in [-0.4, -0.2) is 53.2 Å². The van der Waals surface area contributed by atoms with Crippen molar-refractivity contribution in [3.63, 3.8) is 0 Å². The number of nitrogens with zero attached hydrogens (tertiary/aromatic N) is 4. The van der Waals surface area contributed by atoms with E-state index in [1.807, 2.05) is 0 Å². The molecule has 1 atom stereocenters. The van der Waals surface area contributed by atoms with Crippen LogP contribution in [0.25, 0.3) is 16.8 Å². The van der Waals surface area contributed by atoms with Gasteiger partial charge in [-0.25, -0.2) is 9.37 Å². The first kappa shape index (κ1) is 28.4. The first-order valence-electron chi connectivity index (χ1n) is 12.3. The lowest BCUT2D eigenvalue weighted by molar-refractivity contribution is -0.192. The molecule has 5 N–H and O–H groups in total. The molecule has 0 fully saturated rings. The SMILES string of the molecule is CNCc1cnc2c(O)cc(-c3ccc(F)c(F)c3OCC(O)(O)c3c(C(O)C(C)(C)C)nn(C)c3C)cn12. The summed E-state index contributed by atoms with van der Waals surface area (Å²) in [6.07, 6.45) is 2.00. The molecule has 0 amide bonds. The Morgan fingerprint density at radius 3 is 2.51 bits per heavy atom. The van der Waals surface area contributed by atoms with E-state index in [2.05, 4.69) is 15.4 Å². The molecule has 0 saturated heterocycles. The van der Waals surface area contributed by atoms with Gasteiger partial charge in [0.1, 0.15) is 18.4 Å². The van der Waals surface area contributed by atoms with Crippen molar-refractivity contribution in [1.29, 1.82) is 0 Å². The summed E-state index contributed by atoms with van der Waals surface area (Å²) in [6.45, 7) is 6.39. The zero-order valence-corrected chi connectivity index (χ0v) is 22.6. The standard InChI is InChI=1S/C27H33F2N5O5/c1-14-20(22(32-33(14)6)24(36)26(2,3)4)27(37,38)13-39-23-17(7-8-18(28)21(23)29)15-9-19(35)25-31-11-16(10-30-5)34(25)12-15/h7-9,11-12,24,30,35-38H,10,13H2,1-6H3. The number of aromatic hydroxyl groups is 1. The zero-order valence-electron chi connectivity index (χ0n) is 22.6. The van der Waals surface area contributed by atoms with Crippen LogP contribution >= 0.6 is 0 Å². The minimum atomic E-state index is -2.73. The van der Waals surface area contributed by atoms with Crippen LogP contribution in [0.5, 0.6) is 11.5 Å². The predicted molar refractivity (Wildman–Crippen MR) is 139 cm³/mol. The summed E-state index contributed by atoms with van der Waals surface area (Å²) in [5, 5.41) is 50.9. The summed E-state index contributed by atoms with van der Waals surface area (Å²) >= 11 is 0. The number of ether oxygens (including phenoxy) is 1. The van der Waals surface area contributed by atoms with E-state index in [4.69, 9.17) is 4.74 Å². The van der Waals surface area contributed by atoms with E-state index >= 15 is 4.39 Å². The lowest BCUT2D eigenvalue weighted by Crippen LogP contribution is -2.35. The van der Waals surface area contributed by atoms with Crippen molar-refractivity contribution < 1.29 is 33.9 Å². The minimum absolute atomic E-state index is 0.0311. The van der Waals surface area contributed by atoms with Crippen LogP contribution in [-0.2, 0) is 19.4 Å². The van der Waals surface area contributed by atoms with E-state index < -0.39 is 41.3 Å². The number of imidazole rings is 1. The molecule has 0 spiro atoms. The third-order valence-corrected chi connectivity index (χ3v) is 6.64. The van der Waals surface area contributed by atoms with Crippen molar-refractivity contribution in [2.24, 2.45) is 12.5 Å². The lowest BCUT2D eigenvalue weighted by atomic mass is 9.84. The van der Waals surface area contributed by atoms with Crippen molar-refractivity contribution in [1.82, 2.24) is 24.5 Å². The summed E-state index contributed by atoms with van der Waals surface area (Å²) in [5.74, 6) is -6.07. The van der Waals surface area contributed by atoms with E-state index in [1.165, 1.54) is 16.8 Å². The van der Waals surface area contributed by atoms with Gasteiger partial charge < -0.3 is 30.5 Å². The zero-order chi connectivity index (χ0) is 28.9. The molecule has 0 saturated carbocycles. The highest BCUT2D eigenvalue weighted by molar-refractivity contribution is 5.74. The lowest BCUT2D eigenvalue weighted by Gasteiger charge is -2.29. The van der Waals surface area contributed by atoms with Gasteiger partial charge in [0.25, 0.3) is 0 Å². The van der Waals surface area contributed by atoms with Gasteiger partial charge in [-0.1, -0.05) is 20.8 Å². The van der Waals surface area contributed by atoms with E-state index in [1.54, 1.807) is 58.6 Å². The van der Waals surface area contributed by atoms with Gasteiger partial charge in [0.15, 0.2) is 23.0 Å². The molecule has 210 valence electrons. The maximum atomic E-state index is 15.1. The van der Waals surface area contributed by atoms with Gasteiger partial charge in [-0.2, -0.15) is 9.49 Å². The van der Waals surface area contributed by atoms with Gasteiger partial charge in [0.2, 0.25) is 11.6 Å². The number of aliphatic hydroxyl groups is 3. The van der Waals surface area contributed by atoms with Crippen LogP contribution in [0.2, 0.25) is 0 Å². The minimum Gasteiger partial charge on any atom is -0.504 e. The van der Waals surface area contributed by atoms with Crippen molar-refractivity contribution in [2.75, 3.05) is 13.7 Å². The monoisotopic (exact) mass is 545 g/mol. The molecule has 4 aromatic rings. The van der Waals surface area contributed by atoms with Crippen LogP contribution in [0.15, 0.2) is 30.6 Å². The van der Waals surface area contributed by atoms with Gasteiger partial charge in [-0.05, 0) is 37.6 Å². The van der Waals surface area contributed by atoms with Gasteiger partial charge in [-0.15, -0.1) is 0 Å². The number of hydrogen-bond acceptors (Lipinski definition) is 8. The topological polar surface area (TPSA) is 137 Å². The molecule has 3 heterocycles. The fraction of sp³-hybridized carbons (Fsp3) is 0.407. The molecule has 1 aromatic carbocycles. The van der Waals surface area contributed by atoms with E-state index in [9.17, 15) is 24.8 Å². The molecule has 39 heavy (non-hydrogen) atoms. The third-order valence-electron chi connectivity index (χ3n) is 6.64. The Balaban J connectivity index is 1.77. The van der Waals surface area contributed by atoms with Crippen molar-refractivity contribution >= 4 is 5.65 Å². The summed E-state index contributed by atoms with van der Waals surface area (Å²) in [4.78, 5) is 4.19. The van der Waals surface area contributed by atoms with E-state index in [0.717, 1.165) is 6.07 Å². The molecule has 0 aliphatic rings. The van der Waals surface area contributed by atoms with Gasteiger partial charge >= 0.3 is 0 Å². The highest BCUT2D eigenvalue weighted by Gasteiger charge is 2.40. The molecule has 12 heteroatoms. The Kier molecular flexibility index (Phi) is 7.43. The van der Waals surface area contributed by atoms with Crippen molar-refractivity contribution in [2.45, 2.75) is 46.1 Å². The maximum Gasteiger partial charge on any atom is 0.229 e. The second-order valence-corrected chi connectivity index (χ2v) is 10.7. The predicted octanol–water partition coefficient (Wildman–Crippen LogP) is 3.04. The quantitative estimate of drug-likeness (QED) is 0.213. The maximum absolute atomic E-state index is 15.1. The second-order valence-electron chi connectivity index (χ2n) is 10.7. The first-order valence-corrected chi connectivity index (χ1v) is 12.3. The second kappa shape index (κ2) is 10.2. The summed E-state index contributed by atoms with van der Waals surface area (Å²) in [7, 11) is 3.33. The largest absolute Gasteiger partial charge is 0.504 e. The molecule has 0 aliphatic carbocycles. The number of aromatic nitrogens is 4. The smallest absolute Gasteiger partial charge is 0.229 e.